The number of hydrogen-bond donors (Lipinski definition) is 1. The molecule has 0 aliphatic rings. The van der Waals surface area contributed by atoms with Crippen molar-refractivity contribution in [2.24, 2.45) is 0 Å². The quantitative estimate of drug-likeness (QED) is 0.183. The minimum atomic E-state index is -0.598. The third-order valence-electron chi connectivity index (χ3n) is 10.9. The van der Waals surface area contributed by atoms with E-state index in [-0.39, 0.29) is 34.0 Å². The lowest BCUT2D eigenvalue weighted by Gasteiger charge is -2.27. The van der Waals surface area contributed by atoms with E-state index < -0.39 is 53.3 Å². The summed E-state index contributed by atoms with van der Waals surface area (Å²) in [6.45, 7) is 21.0. The fraction of sp³-hybridized carbons (Fsp3) is 0.236. The van der Waals surface area contributed by atoms with Crippen LogP contribution in [0.15, 0.2) is 146 Å². The van der Waals surface area contributed by atoms with Gasteiger partial charge in [-0.25, -0.2) is 4.98 Å². The maximum Gasteiger partial charge on any atom is 0.149 e. The monoisotopic (exact) mass is 781 g/mol. The van der Waals surface area contributed by atoms with Crippen LogP contribution < -0.4 is 0 Å². The smallest absolute Gasteiger partial charge is 0.149 e. The van der Waals surface area contributed by atoms with Gasteiger partial charge in [-0.1, -0.05) is 153 Å². The fourth-order valence-electron chi connectivity index (χ4n) is 7.58. The highest BCUT2D eigenvalue weighted by molar-refractivity contribution is 5.97. The number of benzene rings is 6. The number of aromatic nitrogens is 3. The summed E-state index contributed by atoms with van der Waals surface area (Å²) in [4.78, 5) is 9.98. The summed E-state index contributed by atoms with van der Waals surface area (Å²) in [6, 6.07) is 28.9. The summed E-state index contributed by atoms with van der Waals surface area (Å²) >= 11 is 0. The van der Waals surface area contributed by atoms with E-state index in [9.17, 15) is 6.48 Å². The predicted molar refractivity (Wildman–Crippen MR) is 249 cm³/mol. The zero-order valence-electron chi connectivity index (χ0n) is 43.5. The summed E-state index contributed by atoms with van der Waals surface area (Å²) in [7, 11) is 0. The molecule has 1 N–H and O–H groups in total. The number of pyridine rings is 1. The number of hydrogen-bond acceptors (Lipinski definition) is 3. The number of fused-ring (bicyclic) bond motifs is 1. The van der Waals surface area contributed by atoms with Crippen molar-refractivity contribution >= 4 is 11.0 Å². The van der Waals surface area contributed by atoms with Gasteiger partial charge in [0.15, 0.2) is 0 Å². The van der Waals surface area contributed by atoms with Gasteiger partial charge in [-0.3, -0.25) is 9.55 Å². The van der Waals surface area contributed by atoms with Crippen LogP contribution in [0.1, 0.15) is 95.5 Å². The average molecular weight is 782 g/mol. The first kappa shape index (κ1) is 30.8. The number of rotatable bonds is 6. The molecule has 0 aliphatic carbocycles. The van der Waals surface area contributed by atoms with E-state index in [0.29, 0.717) is 22.5 Å². The molecule has 0 atom stereocenters. The lowest BCUT2D eigenvalue weighted by Crippen LogP contribution is -2.17. The lowest BCUT2D eigenvalue weighted by molar-refractivity contribution is 0.446. The van der Waals surface area contributed by atoms with Gasteiger partial charge in [-0.15, -0.1) is 0 Å². The highest BCUT2D eigenvalue weighted by Gasteiger charge is 2.29. The van der Waals surface area contributed by atoms with E-state index in [1.54, 1.807) is 0 Å². The number of para-hydroxylation sites is 1. The molecule has 59 heavy (non-hydrogen) atoms. The van der Waals surface area contributed by atoms with Crippen molar-refractivity contribution in [3.8, 4) is 67.5 Å². The molecule has 8 aromatic rings. The van der Waals surface area contributed by atoms with Crippen LogP contribution in [0.25, 0.3) is 72.7 Å². The molecular formula is C55H55N3O. The molecule has 8 rings (SSSR count). The second kappa shape index (κ2) is 14.8. The van der Waals surface area contributed by atoms with E-state index in [4.69, 9.17) is 14.6 Å². The molecule has 0 radical (unpaired) electrons. The molecule has 2 aromatic heterocycles. The number of phenols is 1. The van der Waals surface area contributed by atoms with Gasteiger partial charge < -0.3 is 5.11 Å². The highest BCUT2D eigenvalue weighted by Crippen LogP contribution is 2.45. The molecule has 0 bridgehead atoms. The van der Waals surface area contributed by atoms with Crippen molar-refractivity contribution in [3.63, 3.8) is 0 Å². The zero-order chi connectivity index (χ0) is 48.8. The van der Waals surface area contributed by atoms with Gasteiger partial charge in [0, 0.05) is 28.6 Å². The standard InChI is InChI=1S/C55H55N3O/c1-35-26-39(37-20-15-12-16-21-37)31-44(27-35)58-49-23-17-22-45(50(49)57-52(58)46-33-43(54(5,6)7)34-47(51(46)59)55(8,9)10)40-28-41(30-42(29-40)53(2,3)4)48-32-38(24-25-56-48)36-18-13-11-14-19-36/h11-34,59H,1-10H3/i11D,13D,14D,18D,19D,24D,25D,32D. The zero-order valence-corrected chi connectivity index (χ0v) is 35.5. The molecule has 4 heteroatoms. The molecule has 0 saturated heterocycles. The topological polar surface area (TPSA) is 50.9 Å². The van der Waals surface area contributed by atoms with Gasteiger partial charge in [0.2, 0.25) is 0 Å². The molecule has 0 aliphatic heterocycles. The Morgan fingerprint density at radius 3 is 1.97 bits per heavy atom. The number of phenolic OH excluding ortho intramolecular Hbond substituents is 1. The highest BCUT2D eigenvalue weighted by atomic mass is 16.3. The Morgan fingerprint density at radius 1 is 0.576 bits per heavy atom. The number of imidazole rings is 1. The molecule has 6 aromatic carbocycles. The molecule has 2 heterocycles. The van der Waals surface area contributed by atoms with Gasteiger partial charge in [-0.05, 0) is 116 Å². The van der Waals surface area contributed by atoms with Gasteiger partial charge in [-0.2, -0.15) is 0 Å². The molecule has 0 saturated carbocycles. The van der Waals surface area contributed by atoms with Crippen molar-refractivity contribution < 1.29 is 16.1 Å². The summed E-state index contributed by atoms with van der Waals surface area (Å²) < 4.78 is 71.6. The maximum atomic E-state index is 12.4. The van der Waals surface area contributed by atoms with Crippen LogP contribution in [0.5, 0.6) is 5.75 Å². The number of nitrogens with zero attached hydrogens (tertiary/aromatic N) is 3. The minimum Gasteiger partial charge on any atom is -0.507 e. The second-order valence-electron chi connectivity index (χ2n) is 18.5. The number of aryl methyl sites for hydroxylation is 1. The first-order chi connectivity index (χ1) is 31.3. The molecule has 0 spiro atoms. The van der Waals surface area contributed by atoms with Gasteiger partial charge in [0.05, 0.1) is 33.3 Å². The van der Waals surface area contributed by atoms with E-state index in [1.165, 1.54) is 0 Å². The normalized spacial score (nSPS) is 14.2. The lowest BCUT2D eigenvalue weighted by atomic mass is 9.79. The Labute approximate surface area is 361 Å². The largest absolute Gasteiger partial charge is 0.507 e. The Balaban J connectivity index is 1.46. The van der Waals surface area contributed by atoms with Crippen molar-refractivity contribution in [2.75, 3.05) is 0 Å². The van der Waals surface area contributed by atoms with Crippen LogP contribution in [-0.2, 0) is 16.2 Å². The van der Waals surface area contributed by atoms with Crippen LogP contribution in [0.2, 0.25) is 0 Å². The Bertz CT molecular complexity index is 3270. The van der Waals surface area contributed by atoms with E-state index >= 15 is 0 Å². The van der Waals surface area contributed by atoms with Crippen molar-refractivity contribution in [1.29, 1.82) is 0 Å². The van der Waals surface area contributed by atoms with Crippen LogP contribution >= 0.6 is 0 Å². The van der Waals surface area contributed by atoms with Gasteiger partial charge in [0.25, 0.3) is 0 Å². The first-order valence-corrected chi connectivity index (χ1v) is 20.1. The van der Waals surface area contributed by atoms with Crippen molar-refractivity contribution in [2.45, 2.75) is 85.5 Å². The van der Waals surface area contributed by atoms with Gasteiger partial charge in [0.1, 0.15) is 11.6 Å². The maximum absolute atomic E-state index is 12.4. The van der Waals surface area contributed by atoms with Gasteiger partial charge >= 0.3 is 0 Å². The van der Waals surface area contributed by atoms with Crippen LogP contribution in [0.3, 0.4) is 0 Å². The third kappa shape index (κ3) is 7.84. The minimum absolute atomic E-state index is 0.0281. The molecule has 296 valence electrons. The molecule has 0 fully saturated rings. The van der Waals surface area contributed by atoms with Crippen LogP contribution in [0, 0.1) is 6.92 Å². The SMILES string of the molecule is [2H]c1nc(-c2cc(-c3cccc4c3nc(-c3cc(C(C)(C)C)cc(C(C)(C)C)c3O)n4-c3cc(C)cc(-c4ccccc4)c3)cc(C(C)(C)C)c2)c([2H])c(-c2c([2H])c([2H])c([2H])c([2H])c2[2H])c1[2H]. The molecular weight excluding hydrogens is 719 g/mol. The third-order valence-corrected chi connectivity index (χ3v) is 10.9. The summed E-state index contributed by atoms with van der Waals surface area (Å²) in [6.07, 6.45) is -0.499. The fourth-order valence-corrected chi connectivity index (χ4v) is 7.58. The molecule has 0 amide bonds. The summed E-state index contributed by atoms with van der Waals surface area (Å²) in [5.74, 6) is 0.705. The Hall–Kier alpha value is -6.26. The number of aromatic hydroxyl groups is 1. The van der Waals surface area contributed by atoms with E-state index in [2.05, 4.69) is 127 Å². The van der Waals surface area contributed by atoms with E-state index in [1.807, 2.05) is 48.5 Å². The summed E-state index contributed by atoms with van der Waals surface area (Å²) in [5.41, 5.74) is 9.02. The Kier molecular flexibility index (Phi) is 7.74. The first-order valence-electron chi connectivity index (χ1n) is 24.1. The average Bonchev–Trinajstić information content (AvgIpc) is 3.66. The predicted octanol–water partition coefficient (Wildman–Crippen LogP) is 14.7. The molecule has 0 unspecified atom stereocenters. The molecule has 4 nitrogen and oxygen atoms in total. The van der Waals surface area contributed by atoms with Crippen molar-refractivity contribution in [3.05, 3.63) is 168 Å². The van der Waals surface area contributed by atoms with E-state index in [0.717, 1.165) is 55.7 Å². The summed E-state index contributed by atoms with van der Waals surface area (Å²) in [5, 5.41) is 12.4. The Morgan fingerprint density at radius 2 is 1.27 bits per heavy atom. The van der Waals surface area contributed by atoms with Crippen molar-refractivity contribution in [1.82, 2.24) is 14.5 Å². The second-order valence-corrected chi connectivity index (χ2v) is 18.5. The van der Waals surface area contributed by atoms with Crippen LogP contribution in [-0.4, -0.2) is 19.6 Å². The van der Waals surface area contributed by atoms with Crippen LogP contribution in [0.4, 0.5) is 0 Å².